The predicted molar refractivity (Wildman–Crippen MR) is 50.3 cm³/mol. The van der Waals surface area contributed by atoms with Crippen LogP contribution in [0.5, 0.6) is 0 Å². The van der Waals surface area contributed by atoms with Gasteiger partial charge in [0.1, 0.15) is 5.54 Å². The van der Waals surface area contributed by atoms with Crippen molar-refractivity contribution in [2.24, 2.45) is 0 Å². The molecule has 6 heteroatoms. The number of carbonyl (C=O) groups is 2. The Labute approximate surface area is 86.5 Å². The number of hydrogen-bond donors (Lipinski definition) is 1. The van der Waals surface area contributed by atoms with Crippen LogP contribution >= 0.6 is 0 Å². The largest absolute Gasteiger partial charge is 0.480 e. The Morgan fingerprint density at radius 2 is 2.13 bits per heavy atom. The van der Waals surface area contributed by atoms with Gasteiger partial charge in [0.15, 0.2) is 6.39 Å². The number of carbonyl (C=O) groups excluding carboxylic acids is 1. The molecule has 0 aliphatic heterocycles. The summed E-state index contributed by atoms with van der Waals surface area (Å²) in [5.74, 6) is -1.58. The van der Waals surface area contributed by atoms with Crippen molar-refractivity contribution in [2.75, 3.05) is 7.05 Å². The van der Waals surface area contributed by atoms with Crippen LogP contribution in [-0.2, 0) is 4.79 Å². The van der Waals surface area contributed by atoms with Crippen molar-refractivity contribution in [2.45, 2.75) is 19.4 Å². The van der Waals surface area contributed by atoms with Crippen molar-refractivity contribution in [1.29, 1.82) is 0 Å². The minimum Gasteiger partial charge on any atom is -0.480 e. The first kappa shape index (κ1) is 11.2. The number of hydrogen-bond acceptors (Lipinski definition) is 4. The number of likely N-dealkylation sites (N-methyl/N-ethyl adjacent to an activating group) is 1. The van der Waals surface area contributed by atoms with Crippen LogP contribution in [0, 0.1) is 0 Å². The Kier molecular flexibility index (Phi) is 2.78. The van der Waals surface area contributed by atoms with Gasteiger partial charge in [-0.3, -0.25) is 4.79 Å². The summed E-state index contributed by atoms with van der Waals surface area (Å²) in [7, 11) is 1.40. The summed E-state index contributed by atoms with van der Waals surface area (Å²) < 4.78 is 4.80. The number of carboxylic acid groups (broad SMARTS) is 1. The fourth-order valence-corrected chi connectivity index (χ4v) is 0.884. The third-order valence-corrected chi connectivity index (χ3v) is 2.31. The molecule has 15 heavy (non-hydrogen) atoms. The van der Waals surface area contributed by atoms with Gasteiger partial charge in [-0.2, -0.15) is 0 Å². The van der Waals surface area contributed by atoms with E-state index in [4.69, 9.17) is 9.52 Å². The summed E-state index contributed by atoms with van der Waals surface area (Å²) in [5.41, 5.74) is -1.29. The summed E-state index contributed by atoms with van der Waals surface area (Å²) in [6.07, 6.45) is 2.37. The van der Waals surface area contributed by atoms with Crippen molar-refractivity contribution in [3.8, 4) is 0 Å². The molecule has 0 aliphatic carbocycles. The fraction of sp³-hybridized carbons (Fsp3) is 0.444. The summed E-state index contributed by atoms with van der Waals surface area (Å²) in [6, 6.07) is 0. The van der Waals surface area contributed by atoms with Crippen LogP contribution in [0.4, 0.5) is 0 Å². The Morgan fingerprint density at radius 1 is 1.53 bits per heavy atom. The zero-order valence-electron chi connectivity index (χ0n) is 8.72. The number of aliphatic carboxylic acids is 1. The van der Waals surface area contributed by atoms with Crippen LogP contribution in [0.15, 0.2) is 17.0 Å². The van der Waals surface area contributed by atoms with Gasteiger partial charge in [-0.15, -0.1) is 0 Å². The van der Waals surface area contributed by atoms with E-state index in [1.807, 2.05) is 0 Å². The van der Waals surface area contributed by atoms with Crippen molar-refractivity contribution in [3.05, 3.63) is 18.4 Å². The molecule has 0 aromatic carbocycles. The normalized spacial score (nSPS) is 11.1. The first-order valence-corrected chi connectivity index (χ1v) is 4.27. The molecule has 1 N–H and O–H groups in total. The third-order valence-electron chi connectivity index (χ3n) is 2.31. The quantitative estimate of drug-likeness (QED) is 0.793. The van der Waals surface area contributed by atoms with E-state index in [2.05, 4.69) is 4.98 Å². The van der Waals surface area contributed by atoms with Crippen LogP contribution < -0.4 is 0 Å². The van der Waals surface area contributed by atoms with Gasteiger partial charge in [0.25, 0.3) is 5.91 Å². The number of carboxylic acids is 1. The highest BCUT2D eigenvalue weighted by atomic mass is 16.4. The van der Waals surface area contributed by atoms with Crippen LogP contribution in [0.25, 0.3) is 0 Å². The molecule has 0 saturated carbocycles. The molecule has 1 aromatic heterocycles. The van der Waals surface area contributed by atoms with E-state index < -0.39 is 17.4 Å². The summed E-state index contributed by atoms with van der Waals surface area (Å²) in [4.78, 5) is 27.3. The minimum absolute atomic E-state index is 0.0202. The number of oxazole rings is 1. The molecular weight excluding hydrogens is 200 g/mol. The second kappa shape index (κ2) is 3.72. The smallest absolute Gasteiger partial charge is 0.329 e. The molecule has 1 aromatic rings. The predicted octanol–water partition coefficient (Wildman–Crippen LogP) is 0.610. The SMILES string of the molecule is CN(C(=O)c1cnco1)C(C)(C)C(=O)O. The van der Waals surface area contributed by atoms with E-state index in [0.29, 0.717) is 0 Å². The van der Waals surface area contributed by atoms with Gasteiger partial charge in [-0.25, -0.2) is 9.78 Å². The second-order valence-electron chi connectivity index (χ2n) is 3.59. The van der Waals surface area contributed by atoms with Gasteiger partial charge in [-0.1, -0.05) is 0 Å². The fourth-order valence-electron chi connectivity index (χ4n) is 0.884. The van der Waals surface area contributed by atoms with Crippen molar-refractivity contribution < 1.29 is 19.1 Å². The highest BCUT2D eigenvalue weighted by Crippen LogP contribution is 2.15. The molecule has 0 aliphatic rings. The number of aromatic nitrogens is 1. The molecule has 0 fully saturated rings. The molecule has 0 bridgehead atoms. The first-order valence-electron chi connectivity index (χ1n) is 4.27. The van der Waals surface area contributed by atoms with Crippen molar-refractivity contribution in [1.82, 2.24) is 9.88 Å². The van der Waals surface area contributed by atoms with Crippen LogP contribution in [0.1, 0.15) is 24.4 Å². The van der Waals surface area contributed by atoms with Crippen LogP contribution in [0.3, 0.4) is 0 Å². The molecule has 6 nitrogen and oxygen atoms in total. The summed E-state index contributed by atoms with van der Waals surface area (Å²) in [5, 5.41) is 8.92. The number of rotatable bonds is 3. The molecule has 0 spiro atoms. The van der Waals surface area contributed by atoms with Gasteiger partial charge in [0.05, 0.1) is 6.20 Å². The standard InChI is InChI=1S/C9H12N2O4/c1-9(2,8(13)14)11(3)7(12)6-4-10-5-15-6/h4-5H,1-3H3,(H,13,14). The van der Waals surface area contributed by atoms with Gasteiger partial charge in [-0.05, 0) is 13.8 Å². The lowest BCUT2D eigenvalue weighted by atomic mass is 10.0. The van der Waals surface area contributed by atoms with E-state index >= 15 is 0 Å². The zero-order valence-corrected chi connectivity index (χ0v) is 8.72. The molecule has 0 unspecified atom stereocenters. The van der Waals surface area contributed by atoms with E-state index in [1.165, 1.54) is 27.1 Å². The Morgan fingerprint density at radius 3 is 2.53 bits per heavy atom. The van der Waals surface area contributed by atoms with Crippen LogP contribution in [-0.4, -0.2) is 39.5 Å². The third kappa shape index (κ3) is 1.98. The van der Waals surface area contributed by atoms with Crippen LogP contribution in [0.2, 0.25) is 0 Å². The lowest BCUT2D eigenvalue weighted by Crippen LogP contribution is -2.50. The topological polar surface area (TPSA) is 83.6 Å². The average molecular weight is 212 g/mol. The van der Waals surface area contributed by atoms with E-state index in [9.17, 15) is 9.59 Å². The molecule has 0 saturated heterocycles. The summed E-state index contributed by atoms with van der Waals surface area (Å²) >= 11 is 0. The maximum atomic E-state index is 11.7. The molecule has 82 valence electrons. The lowest BCUT2D eigenvalue weighted by Gasteiger charge is -2.30. The Bertz CT molecular complexity index is 369. The average Bonchev–Trinajstić information content (AvgIpc) is 2.67. The van der Waals surface area contributed by atoms with Gasteiger partial charge >= 0.3 is 5.97 Å². The molecule has 0 radical (unpaired) electrons. The van der Waals surface area contributed by atoms with Crippen molar-refractivity contribution in [3.63, 3.8) is 0 Å². The lowest BCUT2D eigenvalue weighted by molar-refractivity contribution is -0.147. The maximum Gasteiger partial charge on any atom is 0.329 e. The Balaban J connectivity index is 2.91. The Hall–Kier alpha value is -1.85. The molecular formula is C9H12N2O4. The summed E-state index contributed by atoms with van der Waals surface area (Å²) in [6.45, 7) is 2.87. The number of amides is 1. The monoisotopic (exact) mass is 212 g/mol. The van der Waals surface area contributed by atoms with E-state index in [0.717, 1.165) is 11.3 Å². The maximum absolute atomic E-state index is 11.7. The highest BCUT2D eigenvalue weighted by Gasteiger charge is 2.36. The number of nitrogens with zero attached hydrogens (tertiary/aromatic N) is 2. The highest BCUT2D eigenvalue weighted by molar-refractivity contribution is 5.95. The van der Waals surface area contributed by atoms with Gasteiger partial charge < -0.3 is 14.4 Å². The molecule has 1 amide bonds. The van der Waals surface area contributed by atoms with E-state index in [1.54, 1.807) is 0 Å². The minimum atomic E-state index is -1.29. The van der Waals surface area contributed by atoms with Gasteiger partial charge in [0.2, 0.25) is 5.76 Å². The zero-order chi connectivity index (χ0) is 11.6. The second-order valence-corrected chi connectivity index (χ2v) is 3.59. The van der Waals surface area contributed by atoms with Crippen molar-refractivity contribution >= 4 is 11.9 Å². The molecule has 1 heterocycles. The molecule has 1 rings (SSSR count). The van der Waals surface area contributed by atoms with E-state index in [-0.39, 0.29) is 5.76 Å². The first-order chi connectivity index (χ1) is 6.87. The molecule has 0 atom stereocenters. The van der Waals surface area contributed by atoms with Gasteiger partial charge in [0, 0.05) is 7.05 Å².